The molecule has 2 aromatic carbocycles. The molecule has 0 aromatic heterocycles. The van der Waals surface area contributed by atoms with Gasteiger partial charge in [0.15, 0.2) is 0 Å². The number of thioether (sulfide) groups is 1. The Kier molecular flexibility index (Phi) is 9.44. The van der Waals surface area contributed by atoms with Gasteiger partial charge >= 0.3 is 0 Å². The summed E-state index contributed by atoms with van der Waals surface area (Å²) in [5, 5.41) is 12.1. The van der Waals surface area contributed by atoms with E-state index in [0.717, 1.165) is 28.7 Å². The van der Waals surface area contributed by atoms with Crippen molar-refractivity contribution in [3.8, 4) is 5.75 Å². The monoisotopic (exact) mass is 546 g/mol. The van der Waals surface area contributed by atoms with Crippen LogP contribution in [0.1, 0.15) is 97.6 Å². The molecule has 0 atom stereocenters. The average Bonchev–Trinajstić information content (AvgIpc) is 3.20. The zero-order valence-corrected chi connectivity index (χ0v) is 26.2. The molecule has 1 spiro atoms. The van der Waals surface area contributed by atoms with Gasteiger partial charge in [-0.3, -0.25) is 0 Å². The van der Waals surface area contributed by atoms with E-state index in [1.807, 2.05) is 0 Å². The molecule has 1 fully saturated rings. The molecule has 4 rings (SSSR count). The molecule has 212 valence electrons. The molecule has 2 aliphatic carbocycles. The van der Waals surface area contributed by atoms with Crippen molar-refractivity contribution in [3.63, 3.8) is 0 Å². The van der Waals surface area contributed by atoms with Crippen LogP contribution < -0.4 is 15.2 Å². The Labute approximate surface area is 241 Å². The second-order valence-corrected chi connectivity index (χ2v) is 13.4. The molecule has 0 saturated heterocycles. The van der Waals surface area contributed by atoms with Gasteiger partial charge in [0.25, 0.3) is 0 Å². The van der Waals surface area contributed by atoms with Crippen molar-refractivity contribution in [1.82, 2.24) is 0 Å². The highest BCUT2D eigenvalue weighted by molar-refractivity contribution is 7.98. The van der Waals surface area contributed by atoms with Crippen LogP contribution in [-0.4, -0.2) is 24.1 Å². The first-order valence-corrected chi connectivity index (χ1v) is 16.4. The van der Waals surface area contributed by atoms with Crippen LogP contribution in [0.3, 0.4) is 0 Å². The van der Waals surface area contributed by atoms with Crippen molar-refractivity contribution in [1.29, 1.82) is 0 Å². The first-order valence-electron chi connectivity index (χ1n) is 15.2. The van der Waals surface area contributed by atoms with Crippen LogP contribution in [0.25, 0.3) is 12.2 Å². The highest BCUT2D eigenvalue weighted by Crippen LogP contribution is 2.60. The molecule has 3 heteroatoms. The minimum atomic E-state index is -0.00102. The minimum Gasteiger partial charge on any atom is -0.489 e. The number of hydrogen-bond donors (Lipinski definition) is 1. The van der Waals surface area contributed by atoms with Crippen molar-refractivity contribution >= 4 is 23.9 Å². The lowest BCUT2D eigenvalue weighted by molar-refractivity contribution is 0.102. The Morgan fingerprint density at radius 2 is 1.64 bits per heavy atom. The van der Waals surface area contributed by atoms with E-state index in [4.69, 9.17) is 4.74 Å². The topological polar surface area (TPSA) is 29.5 Å². The van der Waals surface area contributed by atoms with Gasteiger partial charge in [-0.1, -0.05) is 91.3 Å². The molecule has 0 heterocycles. The third-order valence-corrected chi connectivity index (χ3v) is 10.6. The highest BCUT2D eigenvalue weighted by Gasteiger charge is 2.49. The standard InChI is InChI=1S/C36H50O2S/c1-9-35(10-2)17-19-36(20-18-35)29-15-12-11-14-27(29)33(30(36)16-13-21-37)28-23-31(32(39-8)22-26(28)7)38-34(24(3)4)25(5)6/h11-12,14-16,22-25,34,37H,7,9-10,13,17-21H2,1-6,8H3/b30-16+,33-28-. The fourth-order valence-electron chi connectivity index (χ4n) is 7.42. The van der Waals surface area contributed by atoms with E-state index >= 15 is 0 Å². The summed E-state index contributed by atoms with van der Waals surface area (Å²) >= 11 is 1.73. The lowest BCUT2D eigenvalue weighted by Crippen LogP contribution is -2.37. The summed E-state index contributed by atoms with van der Waals surface area (Å²) < 4.78 is 6.79. The van der Waals surface area contributed by atoms with Gasteiger partial charge < -0.3 is 9.84 Å². The van der Waals surface area contributed by atoms with Crippen molar-refractivity contribution in [2.75, 3.05) is 12.9 Å². The SMILES string of the molecule is C=c1cc(SC)c(OC(C(C)C)C(C)C)c/c1=C1/C(=C\CCO)C2(CCC(CC)(CC)CC2)c2ccccc21. The fraction of sp³-hybridized carbons (Fsp3) is 0.556. The maximum atomic E-state index is 9.93. The van der Waals surface area contributed by atoms with Gasteiger partial charge in [-0.15, -0.1) is 11.8 Å². The summed E-state index contributed by atoms with van der Waals surface area (Å²) in [5.41, 5.74) is 5.94. The maximum Gasteiger partial charge on any atom is 0.133 e. The van der Waals surface area contributed by atoms with Gasteiger partial charge in [0.1, 0.15) is 11.9 Å². The molecule has 0 bridgehead atoms. The van der Waals surface area contributed by atoms with Crippen LogP contribution in [-0.2, 0) is 5.41 Å². The van der Waals surface area contributed by atoms with Gasteiger partial charge in [-0.05, 0) is 100 Å². The maximum absolute atomic E-state index is 9.93. The van der Waals surface area contributed by atoms with Gasteiger partial charge in [0.2, 0.25) is 0 Å². The molecule has 0 radical (unpaired) electrons. The molecule has 2 aromatic rings. The van der Waals surface area contributed by atoms with Crippen molar-refractivity contribution in [2.24, 2.45) is 17.3 Å². The zero-order valence-electron chi connectivity index (χ0n) is 25.4. The van der Waals surface area contributed by atoms with E-state index in [1.54, 1.807) is 11.8 Å². The second-order valence-electron chi connectivity index (χ2n) is 12.6. The Bertz CT molecular complexity index is 1280. The second kappa shape index (κ2) is 12.3. The number of rotatable bonds is 9. The molecule has 1 saturated carbocycles. The molecule has 2 aliphatic rings. The number of fused-ring (bicyclic) bond motifs is 2. The Morgan fingerprint density at radius 1 is 1.00 bits per heavy atom. The molecular formula is C36H50O2S. The van der Waals surface area contributed by atoms with Gasteiger partial charge in [-0.25, -0.2) is 0 Å². The van der Waals surface area contributed by atoms with E-state index in [9.17, 15) is 5.11 Å². The van der Waals surface area contributed by atoms with E-state index in [0.29, 0.717) is 23.7 Å². The van der Waals surface area contributed by atoms with Crippen LogP contribution >= 0.6 is 11.8 Å². The van der Waals surface area contributed by atoms with E-state index in [2.05, 4.69) is 96.9 Å². The summed E-state index contributed by atoms with van der Waals surface area (Å²) in [5.74, 6) is 1.81. The highest BCUT2D eigenvalue weighted by atomic mass is 32.2. The normalized spacial score (nSPS) is 20.4. The summed E-state index contributed by atoms with van der Waals surface area (Å²) in [4.78, 5) is 1.14. The van der Waals surface area contributed by atoms with Crippen LogP contribution in [0.4, 0.5) is 0 Å². The number of aliphatic hydroxyl groups excluding tert-OH is 1. The Hall–Kier alpha value is -1.97. The van der Waals surface area contributed by atoms with Crippen LogP contribution in [0, 0.1) is 17.3 Å². The minimum absolute atomic E-state index is 0.00102. The predicted octanol–water partition coefficient (Wildman–Crippen LogP) is 8.02. The average molecular weight is 547 g/mol. The first-order chi connectivity index (χ1) is 18.7. The van der Waals surface area contributed by atoms with Crippen molar-refractivity contribution in [3.05, 3.63) is 69.6 Å². The molecule has 0 amide bonds. The first kappa shape index (κ1) is 30.0. The number of aliphatic hydroxyl groups is 1. The number of ether oxygens (including phenoxy) is 1. The fourth-order valence-corrected chi connectivity index (χ4v) is 7.99. The molecule has 0 aliphatic heterocycles. The summed E-state index contributed by atoms with van der Waals surface area (Å²) in [6.07, 6.45) is 12.6. The quantitative estimate of drug-likeness (QED) is 0.323. The summed E-state index contributed by atoms with van der Waals surface area (Å²) in [6, 6.07) is 13.6. The molecule has 0 unspecified atom stereocenters. The smallest absolute Gasteiger partial charge is 0.133 e. The van der Waals surface area contributed by atoms with Crippen LogP contribution in [0.15, 0.2) is 52.9 Å². The van der Waals surface area contributed by atoms with Gasteiger partial charge in [0, 0.05) is 16.9 Å². The van der Waals surface area contributed by atoms with Crippen molar-refractivity contribution < 1.29 is 9.84 Å². The zero-order chi connectivity index (χ0) is 28.4. The Balaban J connectivity index is 1.98. The Morgan fingerprint density at radius 3 is 2.21 bits per heavy atom. The predicted molar refractivity (Wildman–Crippen MR) is 169 cm³/mol. The summed E-state index contributed by atoms with van der Waals surface area (Å²) in [7, 11) is 0. The van der Waals surface area contributed by atoms with E-state index in [-0.39, 0.29) is 18.1 Å². The van der Waals surface area contributed by atoms with Gasteiger partial charge in [-0.2, -0.15) is 0 Å². The van der Waals surface area contributed by atoms with Crippen LogP contribution in [0.2, 0.25) is 0 Å². The number of hydrogen-bond acceptors (Lipinski definition) is 3. The molecular weight excluding hydrogens is 496 g/mol. The molecule has 2 nitrogen and oxygen atoms in total. The van der Waals surface area contributed by atoms with Crippen molar-refractivity contribution in [2.45, 2.75) is 103 Å². The molecule has 39 heavy (non-hydrogen) atoms. The number of allylic oxidation sites excluding steroid dienone is 1. The third kappa shape index (κ3) is 5.51. The van der Waals surface area contributed by atoms with E-state index < -0.39 is 0 Å². The lowest BCUT2D eigenvalue weighted by Gasteiger charge is -2.46. The van der Waals surface area contributed by atoms with Crippen LogP contribution in [0.5, 0.6) is 5.75 Å². The van der Waals surface area contributed by atoms with E-state index in [1.165, 1.54) is 53.2 Å². The largest absolute Gasteiger partial charge is 0.489 e. The van der Waals surface area contributed by atoms with Gasteiger partial charge in [0.05, 0.1) is 0 Å². The summed E-state index contributed by atoms with van der Waals surface area (Å²) in [6.45, 7) is 18.5. The number of benzene rings is 2. The third-order valence-electron chi connectivity index (χ3n) is 9.87. The lowest BCUT2D eigenvalue weighted by atomic mass is 9.58. The molecule has 1 N–H and O–H groups in total.